The minimum absolute atomic E-state index is 0.104. The number of anilines is 1. The van der Waals surface area contributed by atoms with Crippen molar-refractivity contribution in [3.63, 3.8) is 0 Å². The number of amides is 1. The molecule has 1 aliphatic heterocycles. The molecule has 0 atom stereocenters. The number of tetrazole rings is 1. The quantitative estimate of drug-likeness (QED) is 0.302. The number of fused-ring (bicyclic) bond motifs is 1. The van der Waals surface area contributed by atoms with Gasteiger partial charge in [0.15, 0.2) is 11.5 Å². The predicted octanol–water partition coefficient (Wildman–Crippen LogP) is 2.28. The molecule has 0 spiro atoms. The van der Waals surface area contributed by atoms with Crippen LogP contribution in [0, 0.1) is 0 Å². The Labute approximate surface area is 217 Å². The summed E-state index contributed by atoms with van der Waals surface area (Å²) in [5.74, 6) is -0.311. The van der Waals surface area contributed by atoms with Crippen LogP contribution >= 0.6 is 11.6 Å². The number of hydrogen-bond donors (Lipinski definition) is 2. The van der Waals surface area contributed by atoms with E-state index in [0.717, 1.165) is 13.1 Å². The van der Waals surface area contributed by atoms with Crippen LogP contribution in [0.2, 0.25) is 5.02 Å². The summed E-state index contributed by atoms with van der Waals surface area (Å²) in [4.78, 5) is 19.0. The van der Waals surface area contributed by atoms with E-state index in [0.29, 0.717) is 11.5 Å². The third kappa shape index (κ3) is 4.64. The van der Waals surface area contributed by atoms with Crippen LogP contribution in [-0.2, 0) is 6.54 Å². The molecular formula is C22H18ClF2N11O2. The van der Waals surface area contributed by atoms with Crippen molar-refractivity contribution in [2.75, 3.05) is 18.4 Å². The van der Waals surface area contributed by atoms with Gasteiger partial charge in [-0.2, -0.15) is 23.8 Å². The summed E-state index contributed by atoms with van der Waals surface area (Å²) >= 11 is 6.18. The van der Waals surface area contributed by atoms with Crippen LogP contribution in [0.3, 0.4) is 0 Å². The van der Waals surface area contributed by atoms with Crippen LogP contribution < -0.4 is 15.4 Å². The lowest BCUT2D eigenvalue weighted by Gasteiger charge is -2.24. The first kappa shape index (κ1) is 23.9. The van der Waals surface area contributed by atoms with E-state index in [-0.39, 0.29) is 45.9 Å². The van der Waals surface area contributed by atoms with Gasteiger partial charge in [-0.15, -0.1) is 10.2 Å². The van der Waals surface area contributed by atoms with Gasteiger partial charge in [-0.1, -0.05) is 11.6 Å². The van der Waals surface area contributed by atoms with Crippen molar-refractivity contribution in [1.82, 2.24) is 49.9 Å². The van der Waals surface area contributed by atoms with Gasteiger partial charge in [-0.3, -0.25) is 9.48 Å². The van der Waals surface area contributed by atoms with Crippen LogP contribution in [-0.4, -0.2) is 70.2 Å². The third-order valence-electron chi connectivity index (χ3n) is 5.81. The molecule has 0 radical (unpaired) electrons. The Morgan fingerprint density at radius 1 is 1.29 bits per heavy atom. The number of alkyl halides is 2. The Balaban J connectivity index is 1.37. The molecule has 0 aliphatic carbocycles. The first-order valence-corrected chi connectivity index (χ1v) is 11.7. The van der Waals surface area contributed by atoms with Gasteiger partial charge in [0.05, 0.1) is 17.9 Å². The maximum atomic E-state index is 13.2. The Morgan fingerprint density at radius 3 is 2.95 bits per heavy atom. The van der Waals surface area contributed by atoms with E-state index in [1.165, 1.54) is 50.8 Å². The second-order valence-electron chi connectivity index (χ2n) is 8.35. The molecule has 0 bridgehead atoms. The Bertz CT molecular complexity index is 1630. The highest BCUT2D eigenvalue weighted by Crippen LogP contribution is 2.37. The van der Waals surface area contributed by atoms with Gasteiger partial charge in [-0.25, -0.2) is 9.50 Å². The highest BCUT2D eigenvalue weighted by molar-refractivity contribution is 6.31. The monoisotopic (exact) mass is 541 g/mol. The molecule has 5 heterocycles. The molecule has 16 heteroatoms. The van der Waals surface area contributed by atoms with Crippen molar-refractivity contribution >= 4 is 28.8 Å². The molecule has 1 fully saturated rings. The van der Waals surface area contributed by atoms with Crippen molar-refractivity contribution in [3.8, 4) is 17.0 Å². The summed E-state index contributed by atoms with van der Waals surface area (Å²) in [6.45, 7) is -1.48. The lowest BCUT2D eigenvalue weighted by atomic mass is 10.1. The van der Waals surface area contributed by atoms with Crippen LogP contribution in [0.5, 0.6) is 5.75 Å². The summed E-state index contributed by atoms with van der Waals surface area (Å²) in [6, 6.07) is 5.96. The molecular weight excluding hydrogens is 524 g/mol. The summed E-state index contributed by atoms with van der Waals surface area (Å²) in [7, 11) is 0. The van der Waals surface area contributed by atoms with Gasteiger partial charge < -0.3 is 15.4 Å². The average molecular weight is 542 g/mol. The Morgan fingerprint density at radius 2 is 2.16 bits per heavy atom. The van der Waals surface area contributed by atoms with Gasteiger partial charge in [0, 0.05) is 42.3 Å². The summed E-state index contributed by atoms with van der Waals surface area (Å²) in [5, 5.41) is 27.4. The first-order valence-electron chi connectivity index (χ1n) is 11.4. The molecule has 2 N–H and O–H groups in total. The first-order chi connectivity index (χ1) is 18.4. The van der Waals surface area contributed by atoms with Gasteiger partial charge in [0.25, 0.3) is 5.91 Å². The SMILES string of the molecule is O=C(Nc1cn(Cc2nnn(C3CNC3)n2)nc1-c1cc(Cl)ccc1OC(F)F)c1cnn2cccnc12. The van der Waals surface area contributed by atoms with Crippen molar-refractivity contribution in [2.24, 2.45) is 0 Å². The predicted molar refractivity (Wildman–Crippen MR) is 129 cm³/mol. The van der Waals surface area contributed by atoms with Gasteiger partial charge in [0.2, 0.25) is 0 Å². The van der Waals surface area contributed by atoms with Gasteiger partial charge in [0.1, 0.15) is 23.6 Å². The minimum Gasteiger partial charge on any atom is -0.434 e. The van der Waals surface area contributed by atoms with Gasteiger partial charge >= 0.3 is 6.61 Å². The van der Waals surface area contributed by atoms with Crippen molar-refractivity contribution < 1.29 is 18.3 Å². The number of carbonyl (C=O) groups is 1. The van der Waals surface area contributed by atoms with Crippen molar-refractivity contribution in [2.45, 2.75) is 19.2 Å². The van der Waals surface area contributed by atoms with E-state index < -0.39 is 12.5 Å². The highest BCUT2D eigenvalue weighted by Gasteiger charge is 2.24. The smallest absolute Gasteiger partial charge is 0.387 e. The number of hydrogen-bond acceptors (Lipinski definition) is 9. The summed E-state index contributed by atoms with van der Waals surface area (Å²) in [5.41, 5.74) is 1.06. The zero-order valence-corrected chi connectivity index (χ0v) is 20.1. The van der Waals surface area contributed by atoms with Gasteiger partial charge in [-0.05, 0) is 29.5 Å². The number of nitrogens with one attached hydrogen (secondary N) is 2. The average Bonchev–Trinajstić information content (AvgIpc) is 3.58. The molecule has 0 saturated carbocycles. The fourth-order valence-electron chi connectivity index (χ4n) is 3.91. The van der Waals surface area contributed by atoms with Crippen LogP contribution in [0.1, 0.15) is 22.2 Å². The minimum atomic E-state index is -3.08. The molecule has 1 aliphatic rings. The second-order valence-corrected chi connectivity index (χ2v) is 8.78. The maximum Gasteiger partial charge on any atom is 0.387 e. The lowest BCUT2D eigenvalue weighted by molar-refractivity contribution is -0.0494. The number of carbonyl (C=O) groups excluding carboxylic acids is 1. The number of nitrogens with zero attached hydrogens (tertiary/aromatic N) is 9. The molecule has 1 saturated heterocycles. The van der Waals surface area contributed by atoms with E-state index in [4.69, 9.17) is 16.3 Å². The van der Waals surface area contributed by atoms with Crippen LogP contribution in [0.15, 0.2) is 49.1 Å². The molecule has 6 rings (SSSR count). The van der Waals surface area contributed by atoms with E-state index in [1.54, 1.807) is 12.3 Å². The Kier molecular flexibility index (Phi) is 6.13. The van der Waals surface area contributed by atoms with E-state index in [1.807, 2.05) is 0 Å². The van der Waals surface area contributed by atoms with Crippen LogP contribution in [0.4, 0.5) is 14.5 Å². The normalized spacial score (nSPS) is 13.7. The largest absolute Gasteiger partial charge is 0.434 e. The van der Waals surface area contributed by atoms with E-state index >= 15 is 0 Å². The fourth-order valence-corrected chi connectivity index (χ4v) is 4.08. The number of ether oxygens (including phenoxy) is 1. The molecule has 4 aromatic heterocycles. The number of aromatic nitrogens is 9. The number of halogens is 3. The molecule has 1 amide bonds. The molecule has 38 heavy (non-hydrogen) atoms. The van der Waals surface area contributed by atoms with Crippen molar-refractivity contribution in [3.05, 3.63) is 65.5 Å². The zero-order valence-electron chi connectivity index (χ0n) is 19.4. The summed E-state index contributed by atoms with van der Waals surface area (Å²) < 4.78 is 33.9. The lowest BCUT2D eigenvalue weighted by Crippen LogP contribution is -2.44. The highest BCUT2D eigenvalue weighted by atomic mass is 35.5. The molecule has 194 valence electrons. The molecule has 1 aromatic carbocycles. The number of rotatable bonds is 8. The van der Waals surface area contributed by atoms with Crippen LogP contribution in [0.25, 0.3) is 16.9 Å². The Hall–Kier alpha value is -4.50. The zero-order chi connectivity index (χ0) is 26.2. The second kappa shape index (κ2) is 9.75. The fraction of sp³-hybridized carbons (Fsp3) is 0.227. The topological polar surface area (TPSA) is 142 Å². The molecule has 13 nitrogen and oxygen atoms in total. The molecule has 5 aromatic rings. The van der Waals surface area contributed by atoms with E-state index in [2.05, 4.69) is 41.2 Å². The van der Waals surface area contributed by atoms with Crippen molar-refractivity contribution in [1.29, 1.82) is 0 Å². The standard InChI is InChI=1S/C22H18ClF2N11O2/c23-12-2-3-17(38-22(24)25)14(6-12)19-16(29-21(37)15-9-28-35-5-1-4-27-20(15)35)10-34(32-19)11-18-30-33-36(31-18)13-7-26-8-13/h1-6,9-10,13,22,26H,7-8,11H2,(H,29,37). The van der Waals surface area contributed by atoms with E-state index in [9.17, 15) is 13.6 Å². The number of benzene rings is 1. The maximum absolute atomic E-state index is 13.2. The molecule has 0 unspecified atom stereocenters. The third-order valence-corrected chi connectivity index (χ3v) is 6.04. The summed E-state index contributed by atoms with van der Waals surface area (Å²) in [6.07, 6.45) is 6.11.